The molecule has 0 heterocycles. The van der Waals surface area contributed by atoms with Gasteiger partial charge in [0.15, 0.2) is 0 Å². The van der Waals surface area contributed by atoms with Gasteiger partial charge in [-0.25, -0.2) is 0 Å². The van der Waals surface area contributed by atoms with Gasteiger partial charge in [0.25, 0.3) is 0 Å². The predicted octanol–water partition coefficient (Wildman–Crippen LogP) is 2.40. The third-order valence-electron chi connectivity index (χ3n) is 2.91. The third kappa shape index (κ3) is 4.18. The fraction of sp³-hybridized carbons (Fsp3) is 0.909. The lowest BCUT2D eigenvalue weighted by molar-refractivity contribution is -0.0557. The van der Waals surface area contributed by atoms with Crippen molar-refractivity contribution in [3.8, 4) is 0 Å². The topological polar surface area (TPSA) is 9.23 Å². The molecule has 0 spiro atoms. The van der Waals surface area contributed by atoms with Crippen molar-refractivity contribution < 1.29 is 4.74 Å². The van der Waals surface area contributed by atoms with Crippen molar-refractivity contribution in [3.05, 3.63) is 0 Å². The molecule has 0 aliphatic heterocycles. The molecule has 0 radical (unpaired) electrons. The summed E-state index contributed by atoms with van der Waals surface area (Å²) in [4.78, 5) is 0. The van der Waals surface area contributed by atoms with Gasteiger partial charge in [0.05, 0.1) is 5.60 Å². The highest BCUT2D eigenvalue weighted by atomic mass is 28.2. The first-order chi connectivity index (χ1) is 6.27. The second-order valence-corrected chi connectivity index (χ2v) is 5.44. The summed E-state index contributed by atoms with van der Waals surface area (Å²) in [6.45, 7) is 3.24. The summed E-state index contributed by atoms with van der Waals surface area (Å²) >= 11 is 0. The molecule has 0 bridgehead atoms. The van der Waals surface area contributed by atoms with Crippen LogP contribution in [0.3, 0.4) is 0 Å². The standard InChI is InChI=1S/C11H22OSi/c1-11(7-4-3-5-8-11)12-9-6-10-13-2/h13H,2-10H2,1H3. The Morgan fingerprint density at radius 1 is 1.31 bits per heavy atom. The van der Waals surface area contributed by atoms with E-state index in [4.69, 9.17) is 4.74 Å². The lowest BCUT2D eigenvalue weighted by atomic mass is 9.86. The van der Waals surface area contributed by atoms with Crippen LogP contribution in [0.1, 0.15) is 45.4 Å². The summed E-state index contributed by atoms with van der Waals surface area (Å²) in [5.41, 5.74) is 0.217. The van der Waals surface area contributed by atoms with Crippen LogP contribution in [0.25, 0.3) is 0 Å². The second-order valence-electron chi connectivity index (χ2n) is 4.29. The molecule has 0 N–H and O–H groups in total. The van der Waals surface area contributed by atoms with Gasteiger partial charge in [0.2, 0.25) is 0 Å². The lowest BCUT2D eigenvalue weighted by Gasteiger charge is -2.33. The van der Waals surface area contributed by atoms with Gasteiger partial charge in [-0.05, 0) is 41.4 Å². The highest BCUT2D eigenvalue weighted by Gasteiger charge is 2.26. The van der Waals surface area contributed by atoms with Gasteiger partial charge in [-0.2, -0.15) is 0 Å². The molecule has 1 aliphatic carbocycles. The molecule has 1 saturated carbocycles. The minimum absolute atomic E-state index is 0.217. The van der Waals surface area contributed by atoms with Crippen molar-refractivity contribution in [2.45, 2.75) is 57.1 Å². The van der Waals surface area contributed by atoms with Gasteiger partial charge in [-0.1, -0.05) is 19.3 Å². The fourth-order valence-electron chi connectivity index (χ4n) is 1.99. The van der Waals surface area contributed by atoms with E-state index in [1.54, 1.807) is 0 Å². The van der Waals surface area contributed by atoms with E-state index in [2.05, 4.69) is 13.1 Å². The third-order valence-corrected chi connectivity index (χ3v) is 3.73. The lowest BCUT2D eigenvalue weighted by Crippen LogP contribution is -2.31. The first-order valence-corrected chi connectivity index (χ1v) is 7.15. The van der Waals surface area contributed by atoms with E-state index < -0.39 is 0 Å². The summed E-state index contributed by atoms with van der Waals surface area (Å²) in [5.74, 6) is 0. The van der Waals surface area contributed by atoms with Crippen molar-refractivity contribution in [2.24, 2.45) is 0 Å². The molecule has 1 nitrogen and oxygen atoms in total. The highest BCUT2D eigenvalue weighted by molar-refractivity contribution is 6.40. The van der Waals surface area contributed by atoms with Crippen LogP contribution in [0.15, 0.2) is 0 Å². The Morgan fingerprint density at radius 3 is 2.62 bits per heavy atom. The molecule has 0 unspecified atom stereocenters. The SMILES string of the molecule is C=[SiH]CCCOC1(C)CCCCC1. The van der Waals surface area contributed by atoms with Gasteiger partial charge in [0, 0.05) is 6.61 Å². The Bertz CT molecular complexity index is 150. The van der Waals surface area contributed by atoms with Crippen LogP contribution >= 0.6 is 0 Å². The van der Waals surface area contributed by atoms with Gasteiger partial charge >= 0.3 is 0 Å². The highest BCUT2D eigenvalue weighted by Crippen LogP contribution is 2.30. The quantitative estimate of drug-likeness (QED) is 0.487. The maximum Gasteiger partial charge on any atom is 0.0654 e. The first kappa shape index (κ1) is 11.1. The molecule has 1 fully saturated rings. The van der Waals surface area contributed by atoms with Crippen LogP contribution < -0.4 is 0 Å². The van der Waals surface area contributed by atoms with Crippen LogP contribution in [0.2, 0.25) is 6.04 Å². The van der Waals surface area contributed by atoms with Crippen LogP contribution in [-0.2, 0) is 4.74 Å². The molecule has 1 aliphatic rings. The molecule has 0 atom stereocenters. The van der Waals surface area contributed by atoms with Crippen LogP contribution in [0.5, 0.6) is 0 Å². The minimum Gasteiger partial charge on any atom is -0.375 e. The Morgan fingerprint density at radius 2 is 2.00 bits per heavy atom. The zero-order chi connectivity index (χ0) is 9.57. The average Bonchev–Trinajstić information content (AvgIpc) is 2.14. The molecular formula is C11H22OSi. The van der Waals surface area contributed by atoms with E-state index in [0.29, 0.717) is 9.13 Å². The van der Waals surface area contributed by atoms with Crippen molar-refractivity contribution in [2.75, 3.05) is 6.61 Å². The van der Waals surface area contributed by atoms with Crippen molar-refractivity contribution >= 4 is 15.3 Å². The summed E-state index contributed by atoms with van der Waals surface area (Å²) in [5, 5.41) is 0. The normalized spacial score (nSPS) is 21.3. The summed E-state index contributed by atoms with van der Waals surface area (Å²) in [7, 11) is 0.426. The van der Waals surface area contributed by atoms with Gasteiger partial charge in [-0.3, -0.25) is 0 Å². The minimum atomic E-state index is 0.217. The molecule has 1 rings (SSSR count). The van der Waals surface area contributed by atoms with Crippen LogP contribution in [0, 0.1) is 0 Å². The van der Waals surface area contributed by atoms with Crippen LogP contribution in [-0.4, -0.2) is 27.5 Å². The summed E-state index contributed by atoms with van der Waals surface area (Å²) in [6.07, 6.45) is 11.8. The largest absolute Gasteiger partial charge is 0.375 e. The zero-order valence-corrected chi connectivity index (χ0v) is 10.0. The van der Waals surface area contributed by atoms with E-state index in [1.165, 1.54) is 44.6 Å². The Labute approximate surface area is 84.3 Å². The predicted molar refractivity (Wildman–Crippen MR) is 61.1 cm³/mol. The maximum absolute atomic E-state index is 5.96. The molecule has 0 amide bonds. The Kier molecular flexibility index (Phi) is 4.89. The van der Waals surface area contributed by atoms with E-state index in [1.807, 2.05) is 0 Å². The zero-order valence-electron chi connectivity index (χ0n) is 8.85. The van der Waals surface area contributed by atoms with Crippen molar-refractivity contribution in [1.82, 2.24) is 0 Å². The maximum atomic E-state index is 5.96. The van der Waals surface area contributed by atoms with Gasteiger partial charge in [0.1, 0.15) is 0 Å². The van der Waals surface area contributed by atoms with E-state index in [9.17, 15) is 0 Å². The fourth-order valence-corrected chi connectivity index (χ4v) is 2.45. The molecule has 2 heteroatoms. The van der Waals surface area contributed by atoms with Gasteiger partial charge in [-0.15, -0.1) is 6.17 Å². The number of ether oxygens (including phenoxy) is 1. The molecular weight excluding hydrogens is 176 g/mol. The molecule has 0 aromatic rings. The second kappa shape index (κ2) is 5.71. The average molecular weight is 198 g/mol. The van der Waals surface area contributed by atoms with Gasteiger partial charge < -0.3 is 4.74 Å². The molecule has 0 saturated heterocycles. The number of hydrogen-bond donors (Lipinski definition) is 0. The summed E-state index contributed by atoms with van der Waals surface area (Å²) < 4.78 is 5.96. The van der Waals surface area contributed by atoms with Crippen LogP contribution in [0.4, 0.5) is 0 Å². The summed E-state index contributed by atoms with van der Waals surface area (Å²) in [6, 6.07) is 1.29. The molecule has 0 aromatic carbocycles. The molecule has 13 heavy (non-hydrogen) atoms. The molecule has 76 valence electrons. The van der Waals surface area contributed by atoms with Crippen molar-refractivity contribution in [1.29, 1.82) is 0 Å². The number of hydrogen-bond acceptors (Lipinski definition) is 1. The van der Waals surface area contributed by atoms with E-state index >= 15 is 0 Å². The first-order valence-electron chi connectivity index (χ1n) is 5.52. The van der Waals surface area contributed by atoms with E-state index in [0.717, 1.165) is 6.61 Å². The Hall–Kier alpha value is 0.0469. The van der Waals surface area contributed by atoms with Crippen molar-refractivity contribution in [3.63, 3.8) is 0 Å². The molecule has 0 aromatic heterocycles. The Balaban J connectivity index is 2.13. The smallest absolute Gasteiger partial charge is 0.0654 e. The monoisotopic (exact) mass is 198 g/mol. The number of rotatable bonds is 5. The van der Waals surface area contributed by atoms with E-state index in [-0.39, 0.29) is 5.60 Å².